The standard InChI is InChI=1S/C10H9BrN2O/c11-9-4-2-1-3-8(9)7-13-6-5-12-10(13)14/h1-6H,7H2,(H,12,14). The monoisotopic (exact) mass is 252 g/mol. The molecule has 0 saturated carbocycles. The Balaban J connectivity index is 2.32. The number of hydrogen-bond acceptors (Lipinski definition) is 1. The zero-order chi connectivity index (χ0) is 9.97. The van der Waals surface area contributed by atoms with E-state index in [1.165, 1.54) is 0 Å². The molecule has 0 bridgehead atoms. The molecule has 0 aliphatic rings. The van der Waals surface area contributed by atoms with Crippen LogP contribution in [0, 0.1) is 0 Å². The number of halogens is 1. The third kappa shape index (κ3) is 1.80. The van der Waals surface area contributed by atoms with Crippen LogP contribution in [0.15, 0.2) is 45.9 Å². The number of nitrogens with zero attached hydrogens (tertiary/aromatic N) is 1. The molecule has 2 aromatic rings. The van der Waals surface area contributed by atoms with Crippen LogP contribution in [0.3, 0.4) is 0 Å². The van der Waals surface area contributed by atoms with Crippen molar-refractivity contribution in [2.45, 2.75) is 6.54 Å². The molecule has 0 amide bonds. The van der Waals surface area contributed by atoms with Gasteiger partial charge in [-0.2, -0.15) is 0 Å². The Morgan fingerprint density at radius 3 is 2.79 bits per heavy atom. The van der Waals surface area contributed by atoms with Crippen molar-refractivity contribution in [1.29, 1.82) is 0 Å². The van der Waals surface area contributed by atoms with Crippen LogP contribution in [-0.4, -0.2) is 9.55 Å². The maximum atomic E-state index is 11.2. The van der Waals surface area contributed by atoms with Crippen LogP contribution < -0.4 is 5.69 Å². The molecule has 0 aliphatic carbocycles. The summed E-state index contributed by atoms with van der Waals surface area (Å²) in [5, 5.41) is 0. The van der Waals surface area contributed by atoms with E-state index in [-0.39, 0.29) is 5.69 Å². The highest BCUT2D eigenvalue weighted by atomic mass is 79.9. The largest absolute Gasteiger partial charge is 0.325 e. The van der Waals surface area contributed by atoms with Crippen molar-refractivity contribution in [3.63, 3.8) is 0 Å². The number of aromatic nitrogens is 2. The van der Waals surface area contributed by atoms with Gasteiger partial charge in [0, 0.05) is 16.9 Å². The summed E-state index contributed by atoms with van der Waals surface area (Å²) in [4.78, 5) is 13.8. The van der Waals surface area contributed by atoms with Gasteiger partial charge in [-0.05, 0) is 11.6 Å². The van der Waals surface area contributed by atoms with Gasteiger partial charge in [0.05, 0.1) is 6.54 Å². The minimum Gasteiger partial charge on any atom is -0.313 e. The van der Waals surface area contributed by atoms with Crippen molar-refractivity contribution < 1.29 is 0 Å². The molecule has 0 unspecified atom stereocenters. The number of hydrogen-bond donors (Lipinski definition) is 1. The highest BCUT2D eigenvalue weighted by Gasteiger charge is 2.00. The number of rotatable bonds is 2. The first kappa shape index (κ1) is 9.27. The Hall–Kier alpha value is -1.29. The van der Waals surface area contributed by atoms with E-state index in [9.17, 15) is 4.79 Å². The zero-order valence-electron chi connectivity index (χ0n) is 7.40. The lowest BCUT2D eigenvalue weighted by molar-refractivity contribution is 0.759. The second-order valence-corrected chi connectivity index (χ2v) is 3.84. The molecular weight excluding hydrogens is 244 g/mol. The average molecular weight is 253 g/mol. The van der Waals surface area contributed by atoms with Crippen molar-refractivity contribution in [3.8, 4) is 0 Å². The quantitative estimate of drug-likeness (QED) is 0.873. The lowest BCUT2D eigenvalue weighted by Crippen LogP contribution is -2.16. The lowest BCUT2D eigenvalue weighted by Gasteiger charge is -2.03. The fourth-order valence-electron chi connectivity index (χ4n) is 1.28. The molecule has 14 heavy (non-hydrogen) atoms. The lowest BCUT2D eigenvalue weighted by atomic mass is 10.2. The Morgan fingerprint density at radius 2 is 2.14 bits per heavy atom. The second-order valence-electron chi connectivity index (χ2n) is 2.98. The predicted molar refractivity (Wildman–Crippen MR) is 58.3 cm³/mol. The molecule has 72 valence electrons. The first-order valence-corrected chi connectivity index (χ1v) is 5.04. The Labute approximate surface area is 89.5 Å². The molecule has 0 spiro atoms. The topological polar surface area (TPSA) is 37.8 Å². The molecule has 0 atom stereocenters. The van der Waals surface area contributed by atoms with E-state index in [2.05, 4.69) is 20.9 Å². The van der Waals surface area contributed by atoms with Crippen LogP contribution in [0.4, 0.5) is 0 Å². The van der Waals surface area contributed by atoms with Crippen molar-refractivity contribution in [3.05, 3.63) is 57.2 Å². The summed E-state index contributed by atoms with van der Waals surface area (Å²) in [6.07, 6.45) is 3.38. The summed E-state index contributed by atoms with van der Waals surface area (Å²) >= 11 is 3.44. The molecule has 0 saturated heterocycles. The van der Waals surface area contributed by atoms with E-state index < -0.39 is 0 Å². The average Bonchev–Trinajstić information content (AvgIpc) is 2.56. The molecular formula is C10H9BrN2O. The smallest absolute Gasteiger partial charge is 0.313 e. The summed E-state index contributed by atoms with van der Waals surface area (Å²) in [5.41, 5.74) is 1.01. The van der Waals surface area contributed by atoms with E-state index >= 15 is 0 Å². The van der Waals surface area contributed by atoms with Gasteiger partial charge in [-0.25, -0.2) is 4.79 Å². The minimum atomic E-state index is -0.0826. The van der Waals surface area contributed by atoms with Crippen molar-refractivity contribution >= 4 is 15.9 Å². The zero-order valence-corrected chi connectivity index (χ0v) is 8.99. The molecule has 1 aromatic heterocycles. The van der Waals surface area contributed by atoms with Crippen molar-refractivity contribution in [2.75, 3.05) is 0 Å². The summed E-state index contributed by atoms with van der Waals surface area (Å²) in [5.74, 6) is 0. The van der Waals surface area contributed by atoms with Crippen LogP contribution in [-0.2, 0) is 6.54 Å². The van der Waals surface area contributed by atoms with Crippen LogP contribution in [0.2, 0.25) is 0 Å². The summed E-state index contributed by atoms with van der Waals surface area (Å²) < 4.78 is 2.65. The molecule has 0 fully saturated rings. The van der Waals surface area contributed by atoms with Gasteiger partial charge in [0.15, 0.2) is 0 Å². The number of nitrogens with one attached hydrogen (secondary N) is 1. The molecule has 1 N–H and O–H groups in total. The highest BCUT2D eigenvalue weighted by molar-refractivity contribution is 9.10. The number of imidazole rings is 1. The van der Waals surface area contributed by atoms with Crippen molar-refractivity contribution in [1.82, 2.24) is 9.55 Å². The van der Waals surface area contributed by atoms with Crippen LogP contribution in [0.25, 0.3) is 0 Å². The maximum absolute atomic E-state index is 11.2. The fourth-order valence-corrected chi connectivity index (χ4v) is 1.69. The van der Waals surface area contributed by atoms with E-state index in [1.54, 1.807) is 17.0 Å². The molecule has 3 nitrogen and oxygen atoms in total. The molecule has 0 aliphatic heterocycles. The molecule has 1 heterocycles. The maximum Gasteiger partial charge on any atom is 0.325 e. The number of benzene rings is 1. The summed E-state index contributed by atoms with van der Waals surface area (Å²) in [6.45, 7) is 0.587. The van der Waals surface area contributed by atoms with E-state index in [0.717, 1.165) is 10.0 Å². The first-order valence-electron chi connectivity index (χ1n) is 4.24. The number of aromatic amines is 1. The Bertz CT molecular complexity index is 487. The van der Waals surface area contributed by atoms with E-state index in [0.29, 0.717) is 6.54 Å². The third-order valence-corrected chi connectivity index (χ3v) is 2.79. The van der Waals surface area contributed by atoms with Gasteiger partial charge in [0.25, 0.3) is 0 Å². The van der Waals surface area contributed by atoms with Crippen LogP contribution >= 0.6 is 15.9 Å². The second kappa shape index (κ2) is 3.84. The van der Waals surface area contributed by atoms with Gasteiger partial charge in [-0.3, -0.25) is 4.57 Å². The van der Waals surface area contributed by atoms with Crippen LogP contribution in [0.1, 0.15) is 5.56 Å². The third-order valence-electron chi connectivity index (χ3n) is 2.02. The molecule has 1 aromatic carbocycles. The van der Waals surface area contributed by atoms with Gasteiger partial charge in [0.2, 0.25) is 0 Å². The van der Waals surface area contributed by atoms with Gasteiger partial charge in [0.1, 0.15) is 0 Å². The Kier molecular flexibility index (Phi) is 2.54. The number of H-pyrrole nitrogens is 1. The van der Waals surface area contributed by atoms with Gasteiger partial charge in [-0.15, -0.1) is 0 Å². The molecule has 4 heteroatoms. The Morgan fingerprint density at radius 1 is 1.36 bits per heavy atom. The van der Waals surface area contributed by atoms with Gasteiger partial charge in [-0.1, -0.05) is 34.1 Å². The highest BCUT2D eigenvalue weighted by Crippen LogP contribution is 2.16. The minimum absolute atomic E-state index is 0.0826. The summed E-state index contributed by atoms with van der Waals surface area (Å²) in [6, 6.07) is 7.86. The van der Waals surface area contributed by atoms with E-state index in [1.807, 2.05) is 24.3 Å². The SMILES string of the molecule is O=c1[nH]ccn1Cc1ccccc1Br. The van der Waals surface area contributed by atoms with Crippen LogP contribution in [0.5, 0.6) is 0 Å². The molecule has 2 rings (SSSR count). The molecule has 0 radical (unpaired) electrons. The van der Waals surface area contributed by atoms with E-state index in [4.69, 9.17) is 0 Å². The fraction of sp³-hybridized carbons (Fsp3) is 0.100. The predicted octanol–water partition coefficient (Wildman–Crippen LogP) is 1.99. The normalized spacial score (nSPS) is 10.4. The van der Waals surface area contributed by atoms with Crippen molar-refractivity contribution in [2.24, 2.45) is 0 Å². The first-order chi connectivity index (χ1) is 6.77. The summed E-state index contributed by atoms with van der Waals surface area (Å²) in [7, 11) is 0. The van der Waals surface area contributed by atoms with Gasteiger partial charge < -0.3 is 4.98 Å². The van der Waals surface area contributed by atoms with Gasteiger partial charge >= 0.3 is 5.69 Å².